The van der Waals surface area contributed by atoms with E-state index in [4.69, 9.17) is 4.74 Å². The predicted molar refractivity (Wildman–Crippen MR) is 56.3 cm³/mol. The lowest BCUT2D eigenvalue weighted by molar-refractivity contribution is 0.371. The molecule has 0 unspecified atom stereocenters. The molecule has 0 aliphatic heterocycles. The molecule has 1 aromatic rings. The summed E-state index contributed by atoms with van der Waals surface area (Å²) in [6.45, 7) is 3.64. The van der Waals surface area contributed by atoms with Crippen LogP contribution in [-0.2, 0) is 6.42 Å². The van der Waals surface area contributed by atoms with Crippen LogP contribution in [0.3, 0.4) is 0 Å². The van der Waals surface area contributed by atoms with E-state index >= 15 is 0 Å². The van der Waals surface area contributed by atoms with E-state index in [2.05, 4.69) is 22.5 Å². The normalized spacial score (nSPS) is 9.69. The third-order valence-electron chi connectivity index (χ3n) is 1.69. The number of halogens is 1. The van der Waals surface area contributed by atoms with Crippen molar-refractivity contribution in [1.82, 2.24) is 0 Å². The molecule has 0 atom stereocenters. The van der Waals surface area contributed by atoms with Crippen LogP contribution in [0.15, 0.2) is 29.3 Å². The number of hydrogen-bond donors (Lipinski definition) is 1. The molecule has 0 amide bonds. The molecule has 1 aromatic carbocycles. The van der Waals surface area contributed by atoms with Crippen LogP contribution in [0.25, 0.3) is 0 Å². The van der Waals surface area contributed by atoms with E-state index in [0.717, 1.165) is 12.0 Å². The maximum absolute atomic E-state index is 9.49. The van der Waals surface area contributed by atoms with Gasteiger partial charge in [-0.2, -0.15) is 0 Å². The molecular formula is C10H11BrO2. The number of benzene rings is 1. The number of allylic oxidation sites excluding steroid dienone is 1. The third kappa shape index (κ3) is 2.25. The molecule has 0 aliphatic carbocycles. The van der Waals surface area contributed by atoms with E-state index in [-0.39, 0.29) is 5.75 Å². The summed E-state index contributed by atoms with van der Waals surface area (Å²) in [6, 6.07) is 3.64. The molecule has 70 valence electrons. The van der Waals surface area contributed by atoms with E-state index in [1.165, 1.54) is 7.11 Å². The highest BCUT2D eigenvalue weighted by molar-refractivity contribution is 9.10. The molecule has 0 radical (unpaired) electrons. The Bertz CT molecular complexity index is 321. The van der Waals surface area contributed by atoms with E-state index in [1.54, 1.807) is 12.1 Å². The smallest absolute Gasteiger partial charge is 0.172 e. The molecule has 0 aliphatic rings. The predicted octanol–water partition coefficient (Wildman–Crippen LogP) is 2.89. The molecule has 1 N–H and O–H groups in total. The van der Waals surface area contributed by atoms with Crippen LogP contribution in [0.5, 0.6) is 11.5 Å². The minimum Gasteiger partial charge on any atom is -0.503 e. The van der Waals surface area contributed by atoms with Crippen molar-refractivity contribution < 1.29 is 9.84 Å². The molecule has 0 spiro atoms. The molecule has 2 nitrogen and oxygen atoms in total. The summed E-state index contributed by atoms with van der Waals surface area (Å²) in [5, 5.41) is 9.49. The van der Waals surface area contributed by atoms with Crippen molar-refractivity contribution >= 4 is 15.9 Å². The van der Waals surface area contributed by atoms with E-state index in [1.807, 2.05) is 6.07 Å². The summed E-state index contributed by atoms with van der Waals surface area (Å²) in [7, 11) is 1.53. The number of aromatic hydroxyl groups is 1. The monoisotopic (exact) mass is 242 g/mol. The zero-order valence-electron chi connectivity index (χ0n) is 7.38. The Balaban J connectivity index is 3.13. The number of methoxy groups -OCH3 is 1. The Hall–Kier alpha value is -0.960. The average Bonchev–Trinajstić information content (AvgIpc) is 2.11. The van der Waals surface area contributed by atoms with Crippen molar-refractivity contribution in [3.05, 3.63) is 34.8 Å². The lowest BCUT2D eigenvalue weighted by atomic mass is 10.1. The van der Waals surface area contributed by atoms with Crippen LogP contribution in [-0.4, -0.2) is 12.2 Å². The topological polar surface area (TPSA) is 29.5 Å². The van der Waals surface area contributed by atoms with E-state index in [9.17, 15) is 5.11 Å². The van der Waals surface area contributed by atoms with Crippen LogP contribution in [0, 0.1) is 0 Å². The zero-order valence-corrected chi connectivity index (χ0v) is 8.97. The SMILES string of the molecule is C=CCc1cc(Br)c(O)c(OC)c1. The molecule has 3 heteroatoms. The van der Waals surface area contributed by atoms with Gasteiger partial charge < -0.3 is 9.84 Å². The van der Waals surface area contributed by atoms with Gasteiger partial charge >= 0.3 is 0 Å². The summed E-state index contributed by atoms with van der Waals surface area (Å²) < 4.78 is 5.64. The molecule has 13 heavy (non-hydrogen) atoms. The number of phenolic OH excluding ortho intramolecular Hbond substituents is 1. The number of phenols is 1. The molecular weight excluding hydrogens is 232 g/mol. The van der Waals surface area contributed by atoms with Crippen molar-refractivity contribution in [2.45, 2.75) is 6.42 Å². The highest BCUT2D eigenvalue weighted by Gasteiger charge is 2.07. The lowest BCUT2D eigenvalue weighted by Gasteiger charge is -2.07. The highest BCUT2D eigenvalue weighted by atomic mass is 79.9. The van der Waals surface area contributed by atoms with Gasteiger partial charge in [0, 0.05) is 0 Å². The first-order chi connectivity index (χ1) is 6.19. The van der Waals surface area contributed by atoms with Gasteiger partial charge in [0.25, 0.3) is 0 Å². The van der Waals surface area contributed by atoms with Crippen LogP contribution in [0.1, 0.15) is 5.56 Å². The fraction of sp³-hybridized carbons (Fsp3) is 0.200. The van der Waals surface area contributed by atoms with Crippen molar-refractivity contribution in [2.24, 2.45) is 0 Å². The standard InChI is InChI=1S/C10H11BrO2/c1-3-4-7-5-8(11)10(12)9(6-7)13-2/h3,5-6,12H,1,4H2,2H3. The second kappa shape index (κ2) is 4.33. The summed E-state index contributed by atoms with van der Waals surface area (Å²) in [4.78, 5) is 0. The fourth-order valence-electron chi connectivity index (χ4n) is 1.07. The minimum absolute atomic E-state index is 0.135. The van der Waals surface area contributed by atoms with Crippen molar-refractivity contribution in [2.75, 3.05) is 7.11 Å². The van der Waals surface area contributed by atoms with Crippen molar-refractivity contribution in [3.63, 3.8) is 0 Å². The highest BCUT2D eigenvalue weighted by Crippen LogP contribution is 2.35. The first kappa shape index (κ1) is 10.1. The maximum Gasteiger partial charge on any atom is 0.172 e. The first-order valence-corrected chi connectivity index (χ1v) is 4.64. The second-order valence-corrected chi connectivity index (χ2v) is 3.48. The Labute approximate surface area is 86.0 Å². The quantitative estimate of drug-likeness (QED) is 0.827. The molecule has 0 saturated carbocycles. The van der Waals surface area contributed by atoms with Crippen LogP contribution >= 0.6 is 15.9 Å². The minimum atomic E-state index is 0.135. The van der Waals surface area contributed by atoms with Crippen molar-refractivity contribution in [3.8, 4) is 11.5 Å². The third-order valence-corrected chi connectivity index (χ3v) is 2.29. The van der Waals surface area contributed by atoms with E-state index in [0.29, 0.717) is 10.2 Å². The average molecular weight is 243 g/mol. The van der Waals surface area contributed by atoms with Gasteiger partial charge in [-0.3, -0.25) is 0 Å². The molecule has 0 bridgehead atoms. The van der Waals surface area contributed by atoms with Gasteiger partial charge in [0.1, 0.15) is 0 Å². The zero-order chi connectivity index (χ0) is 9.84. The van der Waals surface area contributed by atoms with Crippen molar-refractivity contribution in [1.29, 1.82) is 0 Å². The molecule has 0 saturated heterocycles. The summed E-state index contributed by atoms with van der Waals surface area (Å²) in [6.07, 6.45) is 2.56. The van der Waals surface area contributed by atoms with Gasteiger partial charge in [-0.15, -0.1) is 6.58 Å². The number of ether oxygens (including phenoxy) is 1. The van der Waals surface area contributed by atoms with Crippen LogP contribution < -0.4 is 4.74 Å². The van der Waals surface area contributed by atoms with Gasteiger partial charge in [0.05, 0.1) is 11.6 Å². The van der Waals surface area contributed by atoms with Crippen LogP contribution in [0.2, 0.25) is 0 Å². The van der Waals surface area contributed by atoms with Crippen LogP contribution in [0.4, 0.5) is 0 Å². The fourth-order valence-corrected chi connectivity index (χ4v) is 1.56. The molecule has 0 heterocycles. The second-order valence-electron chi connectivity index (χ2n) is 2.62. The number of hydrogen-bond acceptors (Lipinski definition) is 2. The molecule has 1 rings (SSSR count). The molecule has 0 aromatic heterocycles. The van der Waals surface area contributed by atoms with Gasteiger partial charge in [-0.25, -0.2) is 0 Å². The molecule has 0 fully saturated rings. The van der Waals surface area contributed by atoms with Gasteiger partial charge in [-0.1, -0.05) is 6.08 Å². The maximum atomic E-state index is 9.49. The van der Waals surface area contributed by atoms with E-state index < -0.39 is 0 Å². The Morgan fingerprint density at radius 3 is 2.85 bits per heavy atom. The number of rotatable bonds is 3. The summed E-state index contributed by atoms with van der Waals surface area (Å²) in [5.41, 5.74) is 1.05. The first-order valence-electron chi connectivity index (χ1n) is 3.85. The summed E-state index contributed by atoms with van der Waals surface area (Å²) >= 11 is 3.24. The van der Waals surface area contributed by atoms with Gasteiger partial charge in [0.2, 0.25) is 0 Å². The summed E-state index contributed by atoms with van der Waals surface area (Å²) in [5.74, 6) is 0.613. The lowest BCUT2D eigenvalue weighted by Crippen LogP contribution is -1.88. The van der Waals surface area contributed by atoms with Gasteiger partial charge in [-0.05, 0) is 40.0 Å². The van der Waals surface area contributed by atoms with Gasteiger partial charge in [0.15, 0.2) is 11.5 Å². The Kier molecular flexibility index (Phi) is 3.37. The largest absolute Gasteiger partial charge is 0.503 e. The Morgan fingerprint density at radius 1 is 1.62 bits per heavy atom. The Morgan fingerprint density at radius 2 is 2.31 bits per heavy atom.